The van der Waals surface area contributed by atoms with Gasteiger partial charge in [0, 0.05) is 11.8 Å². The fourth-order valence-electron chi connectivity index (χ4n) is 1.43. The number of rotatable bonds is 4. The molecule has 6 heteroatoms. The Kier molecular flexibility index (Phi) is 4.02. The van der Waals surface area contributed by atoms with Gasteiger partial charge in [-0.25, -0.2) is 4.39 Å². The molecule has 0 unspecified atom stereocenters. The van der Waals surface area contributed by atoms with E-state index in [0.717, 1.165) is 0 Å². The average Bonchev–Trinajstić information content (AvgIpc) is 2.40. The molecule has 1 aromatic heterocycles. The van der Waals surface area contributed by atoms with Crippen LogP contribution in [0.15, 0.2) is 36.4 Å². The molecule has 2 rings (SSSR count). The summed E-state index contributed by atoms with van der Waals surface area (Å²) in [6.07, 6.45) is 0. The second-order valence-corrected chi connectivity index (χ2v) is 3.65. The predicted molar refractivity (Wildman–Crippen MR) is 67.6 cm³/mol. The van der Waals surface area contributed by atoms with Crippen LogP contribution in [0.3, 0.4) is 0 Å². The highest BCUT2D eigenvalue weighted by molar-refractivity contribution is 6.02. The van der Waals surface area contributed by atoms with Gasteiger partial charge in [0.05, 0.1) is 6.61 Å². The maximum Gasteiger partial charge on any atom is 0.276 e. The first kappa shape index (κ1) is 12.9. The molecule has 0 saturated heterocycles. The molecule has 2 aromatic rings. The van der Waals surface area contributed by atoms with Crippen molar-refractivity contribution in [3.63, 3.8) is 0 Å². The van der Waals surface area contributed by atoms with Crippen molar-refractivity contribution < 1.29 is 13.9 Å². The van der Waals surface area contributed by atoms with Gasteiger partial charge in [-0.05, 0) is 31.2 Å². The van der Waals surface area contributed by atoms with Crippen LogP contribution in [0, 0.1) is 5.82 Å². The number of carbonyl (C=O) groups is 1. The second kappa shape index (κ2) is 5.90. The molecule has 98 valence electrons. The summed E-state index contributed by atoms with van der Waals surface area (Å²) in [4.78, 5) is 11.8. The molecular weight excluding hydrogens is 249 g/mol. The zero-order valence-electron chi connectivity index (χ0n) is 10.3. The Morgan fingerprint density at radius 2 is 2.16 bits per heavy atom. The molecule has 0 radical (unpaired) electrons. The highest BCUT2D eigenvalue weighted by atomic mass is 19.1. The van der Waals surface area contributed by atoms with Gasteiger partial charge in [-0.2, -0.15) is 0 Å². The van der Waals surface area contributed by atoms with Gasteiger partial charge < -0.3 is 10.1 Å². The van der Waals surface area contributed by atoms with Crippen LogP contribution in [-0.2, 0) is 0 Å². The van der Waals surface area contributed by atoms with Crippen molar-refractivity contribution in [1.82, 2.24) is 10.2 Å². The Morgan fingerprint density at radius 3 is 2.79 bits per heavy atom. The lowest BCUT2D eigenvalue weighted by Gasteiger charge is -2.05. The highest BCUT2D eigenvalue weighted by Gasteiger charge is 2.09. The van der Waals surface area contributed by atoms with Gasteiger partial charge in [-0.15, -0.1) is 10.2 Å². The molecule has 1 aromatic carbocycles. The van der Waals surface area contributed by atoms with E-state index in [1.54, 1.807) is 12.1 Å². The topological polar surface area (TPSA) is 64.1 Å². The number of halogens is 1. The minimum Gasteiger partial charge on any atom is -0.477 e. The third kappa shape index (κ3) is 3.48. The van der Waals surface area contributed by atoms with Gasteiger partial charge in [0.2, 0.25) is 5.88 Å². The van der Waals surface area contributed by atoms with E-state index in [1.165, 1.54) is 24.3 Å². The molecule has 0 aliphatic heterocycles. The monoisotopic (exact) mass is 261 g/mol. The number of ether oxygens (including phenoxy) is 1. The van der Waals surface area contributed by atoms with Crippen molar-refractivity contribution >= 4 is 11.6 Å². The number of hydrogen-bond donors (Lipinski definition) is 1. The highest BCUT2D eigenvalue weighted by Crippen LogP contribution is 2.11. The van der Waals surface area contributed by atoms with Crippen molar-refractivity contribution in [3.8, 4) is 5.88 Å². The molecule has 0 aliphatic carbocycles. The fourth-order valence-corrected chi connectivity index (χ4v) is 1.43. The van der Waals surface area contributed by atoms with E-state index in [4.69, 9.17) is 4.74 Å². The molecule has 0 bridgehead atoms. The zero-order valence-corrected chi connectivity index (χ0v) is 10.3. The maximum atomic E-state index is 13.0. The number of anilines is 1. The van der Waals surface area contributed by atoms with Crippen molar-refractivity contribution in [1.29, 1.82) is 0 Å². The summed E-state index contributed by atoms with van der Waals surface area (Å²) in [6.45, 7) is 2.30. The molecule has 0 spiro atoms. The van der Waals surface area contributed by atoms with E-state index in [-0.39, 0.29) is 5.69 Å². The number of nitrogens with zero attached hydrogens (tertiary/aromatic N) is 2. The number of hydrogen-bond acceptors (Lipinski definition) is 4. The van der Waals surface area contributed by atoms with Crippen molar-refractivity contribution in [2.24, 2.45) is 0 Å². The summed E-state index contributed by atoms with van der Waals surface area (Å²) in [6, 6.07) is 8.66. The van der Waals surface area contributed by atoms with Crippen molar-refractivity contribution in [2.75, 3.05) is 11.9 Å². The molecule has 0 aliphatic rings. The SMILES string of the molecule is CCOc1ccc(C(=O)Nc2cccc(F)c2)nn1. The second-order valence-electron chi connectivity index (χ2n) is 3.65. The summed E-state index contributed by atoms with van der Waals surface area (Å²) in [5, 5.41) is 10.0. The van der Waals surface area contributed by atoms with E-state index in [2.05, 4.69) is 15.5 Å². The van der Waals surface area contributed by atoms with Crippen LogP contribution in [0.2, 0.25) is 0 Å². The molecule has 0 fully saturated rings. The van der Waals surface area contributed by atoms with Gasteiger partial charge in [0.15, 0.2) is 5.69 Å². The number of aromatic nitrogens is 2. The van der Waals surface area contributed by atoms with Crippen LogP contribution in [0.5, 0.6) is 5.88 Å². The van der Waals surface area contributed by atoms with E-state index >= 15 is 0 Å². The Hall–Kier alpha value is -2.50. The van der Waals surface area contributed by atoms with Crippen molar-refractivity contribution in [2.45, 2.75) is 6.92 Å². The Balaban J connectivity index is 2.07. The molecule has 19 heavy (non-hydrogen) atoms. The summed E-state index contributed by atoms with van der Waals surface area (Å²) < 4.78 is 18.1. The van der Waals surface area contributed by atoms with Crippen LogP contribution in [0.4, 0.5) is 10.1 Å². The Morgan fingerprint density at radius 1 is 1.32 bits per heavy atom. The quantitative estimate of drug-likeness (QED) is 0.917. The van der Waals surface area contributed by atoms with Gasteiger partial charge in [0.1, 0.15) is 5.82 Å². The summed E-state index contributed by atoms with van der Waals surface area (Å²) >= 11 is 0. The number of nitrogens with one attached hydrogen (secondary N) is 1. The largest absolute Gasteiger partial charge is 0.477 e. The molecular formula is C13H12FN3O2. The first-order chi connectivity index (χ1) is 9.19. The minimum absolute atomic E-state index is 0.132. The molecule has 1 heterocycles. The first-order valence-corrected chi connectivity index (χ1v) is 5.72. The molecule has 1 amide bonds. The van der Waals surface area contributed by atoms with Crippen LogP contribution in [0.1, 0.15) is 17.4 Å². The lowest BCUT2D eigenvalue weighted by molar-refractivity contribution is 0.102. The molecule has 1 N–H and O–H groups in total. The fraction of sp³-hybridized carbons (Fsp3) is 0.154. The van der Waals surface area contributed by atoms with E-state index in [1.807, 2.05) is 6.92 Å². The summed E-state index contributed by atoms with van der Waals surface area (Å²) in [7, 11) is 0. The number of benzene rings is 1. The maximum absolute atomic E-state index is 13.0. The lowest BCUT2D eigenvalue weighted by atomic mass is 10.3. The molecule has 5 nitrogen and oxygen atoms in total. The smallest absolute Gasteiger partial charge is 0.276 e. The zero-order chi connectivity index (χ0) is 13.7. The third-order valence-corrected chi connectivity index (χ3v) is 2.25. The van der Waals surface area contributed by atoms with Crippen LogP contribution < -0.4 is 10.1 Å². The summed E-state index contributed by atoms with van der Waals surface area (Å²) in [5.41, 5.74) is 0.494. The van der Waals surface area contributed by atoms with Crippen molar-refractivity contribution in [3.05, 3.63) is 47.9 Å². The summed E-state index contributed by atoms with van der Waals surface area (Å²) in [5.74, 6) is -0.526. The van der Waals surface area contributed by atoms with Crippen LogP contribution >= 0.6 is 0 Å². The predicted octanol–water partition coefficient (Wildman–Crippen LogP) is 2.27. The van der Waals surface area contributed by atoms with Crippen LogP contribution in [-0.4, -0.2) is 22.7 Å². The lowest BCUT2D eigenvalue weighted by Crippen LogP contribution is -2.14. The van der Waals surface area contributed by atoms with E-state index in [0.29, 0.717) is 18.2 Å². The van der Waals surface area contributed by atoms with Gasteiger partial charge in [-0.1, -0.05) is 6.07 Å². The number of amides is 1. The normalized spacial score (nSPS) is 10.0. The minimum atomic E-state index is -0.457. The standard InChI is InChI=1S/C13H12FN3O2/c1-2-19-12-7-6-11(16-17-12)13(18)15-10-5-3-4-9(14)8-10/h3-8H,2H2,1H3,(H,15,18). The third-order valence-electron chi connectivity index (χ3n) is 2.25. The number of carbonyl (C=O) groups excluding carboxylic acids is 1. The first-order valence-electron chi connectivity index (χ1n) is 5.72. The van der Waals surface area contributed by atoms with Crippen LogP contribution in [0.25, 0.3) is 0 Å². The Labute approximate surface area is 109 Å². The van der Waals surface area contributed by atoms with Gasteiger partial charge >= 0.3 is 0 Å². The molecule has 0 saturated carbocycles. The van der Waals surface area contributed by atoms with E-state index < -0.39 is 11.7 Å². The van der Waals surface area contributed by atoms with Gasteiger partial charge in [0.25, 0.3) is 5.91 Å². The average molecular weight is 261 g/mol. The van der Waals surface area contributed by atoms with E-state index in [9.17, 15) is 9.18 Å². The Bertz CT molecular complexity index is 572. The molecule has 0 atom stereocenters. The van der Waals surface area contributed by atoms with Gasteiger partial charge in [-0.3, -0.25) is 4.79 Å².